The lowest BCUT2D eigenvalue weighted by molar-refractivity contribution is -0.133. The average Bonchev–Trinajstić information content (AvgIpc) is 3.24. The number of hydrogen-bond acceptors (Lipinski definition) is 3. The SMILES string of the molecule is Cn1cnn(CC(=O)N2CCCC2C2CCCc3ccccc32)c1=O. The van der Waals surface area contributed by atoms with Crippen LogP contribution in [0.4, 0.5) is 0 Å². The van der Waals surface area contributed by atoms with E-state index in [1.54, 1.807) is 7.05 Å². The smallest absolute Gasteiger partial charge is 0.337 e. The van der Waals surface area contributed by atoms with Crippen LogP contribution in [0.25, 0.3) is 0 Å². The van der Waals surface area contributed by atoms with Crippen molar-refractivity contribution in [2.75, 3.05) is 6.54 Å². The van der Waals surface area contributed by atoms with E-state index in [9.17, 15) is 9.59 Å². The Morgan fingerprint density at radius 1 is 1.24 bits per heavy atom. The second-order valence-corrected chi connectivity index (χ2v) is 7.18. The number of benzene rings is 1. The van der Waals surface area contributed by atoms with Gasteiger partial charge in [0.1, 0.15) is 12.9 Å². The molecule has 2 aromatic rings. The average molecular weight is 340 g/mol. The van der Waals surface area contributed by atoms with Crippen LogP contribution in [-0.2, 0) is 24.8 Å². The van der Waals surface area contributed by atoms with Crippen LogP contribution in [0.3, 0.4) is 0 Å². The van der Waals surface area contributed by atoms with Crippen molar-refractivity contribution in [1.29, 1.82) is 0 Å². The fraction of sp³-hybridized carbons (Fsp3) is 0.526. The molecule has 1 aliphatic carbocycles. The van der Waals surface area contributed by atoms with Gasteiger partial charge in [-0.25, -0.2) is 9.48 Å². The van der Waals surface area contributed by atoms with Gasteiger partial charge in [0.2, 0.25) is 5.91 Å². The van der Waals surface area contributed by atoms with Crippen molar-refractivity contribution in [2.24, 2.45) is 7.05 Å². The molecule has 1 saturated heterocycles. The predicted molar refractivity (Wildman–Crippen MR) is 94.3 cm³/mol. The topological polar surface area (TPSA) is 60.1 Å². The van der Waals surface area contributed by atoms with Gasteiger partial charge in [-0.3, -0.25) is 9.36 Å². The lowest BCUT2D eigenvalue weighted by Crippen LogP contribution is -2.43. The summed E-state index contributed by atoms with van der Waals surface area (Å²) >= 11 is 0. The molecule has 6 nitrogen and oxygen atoms in total. The Balaban J connectivity index is 1.56. The molecule has 2 heterocycles. The van der Waals surface area contributed by atoms with Gasteiger partial charge >= 0.3 is 5.69 Å². The second-order valence-electron chi connectivity index (χ2n) is 7.18. The van der Waals surface area contributed by atoms with Crippen molar-refractivity contribution in [3.05, 3.63) is 52.2 Å². The third-order valence-corrected chi connectivity index (χ3v) is 5.67. The summed E-state index contributed by atoms with van der Waals surface area (Å²) in [5.74, 6) is 0.420. The highest BCUT2D eigenvalue weighted by Gasteiger charge is 2.37. The molecule has 4 rings (SSSR count). The molecule has 0 radical (unpaired) electrons. The van der Waals surface area contributed by atoms with Gasteiger partial charge in [-0.1, -0.05) is 24.3 Å². The first-order valence-electron chi connectivity index (χ1n) is 9.11. The van der Waals surface area contributed by atoms with Crippen LogP contribution >= 0.6 is 0 Å². The Labute approximate surface area is 147 Å². The zero-order valence-electron chi connectivity index (χ0n) is 14.6. The van der Waals surface area contributed by atoms with Crippen molar-refractivity contribution in [2.45, 2.75) is 50.6 Å². The lowest BCUT2D eigenvalue weighted by Gasteiger charge is -2.35. The first kappa shape index (κ1) is 16.1. The zero-order valence-corrected chi connectivity index (χ0v) is 14.6. The molecule has 0 spiro atoms. The number of rotatable bonds is 3. The van der Waals surface area contributed by atoms with Gasteiger partial charge in [0.05, 0.1) is 0 Å². The highest BCUT2D eigenvalue weighted by Crippen LogP contribution is 2.39. The molecule has 0 saturated carbocycles. The van der Waals surface area contributed by atoms with Gasteiger partial charge in [0, 0.05) is 25.6 Å². The number of carbonyl (C=O) groups excluding carboxylic acids is 1. The molecule has 25 heavy (non-hydrogen) atoms. The Kier molecular flexibility index (Phi) is 4.19. The van der Waals surface area contributed by atoms with Crippen molar-refractivity contribution in [1.82, 2.24) is 19.2 Å². The number of amides is 1. The van der Waals surface area contributed by atoms with Crippen LogP contribution in [0, 0.1) is 0 Å². The fourth-order valence-corrected chi connectivity index (χ4v) is 4.46. The second kappa shape index (κ2) is 6.50. The predicted octanol–water partition coefficient (Wildman–Crippen LogP) is 1.69. The maximum Gasteiger partial charge on any atom is 0.345 e. The molecule has 0 N–H and O–H groups in total. The number of aryl methyl sites for hydroxylation is 2. The lowest BCUT2D eigenvalue weighted by atomic mass is 9.78. The molecular formula is C19H24N4O2. The molecule has 0 bridgehead atoms. The largest absolute Gasteiger partial charge is 0.345 e. The van der Waals surface area contributed by atoms with E-state index >= 15 is 0 Å². The van der Waals surface area contributed by atoms with Crippen LogP contribution in [0.1, 0.15) is 42.7 Å². The molecule has 1 amide bonds. The Morgan fingerprint density at radius 2 is 2.08 bits per heavy atom. The molecule has 1 fully saturated rings. The Morgan fingerprint density at radius 3 is 2.88 bits per heavy atom. The summed E-state index contributed by atoms with van der Waals surface area (Å²) in [6.45, 7) is 0.814. The van der Waals surface area contributed by atoms with Gasteiger partial charge in [-0.2, -0.15) is 5.10 Å². The van der Waals surface area contributed by atoms with Crippen molar-refractivity contribution in [3.63, 3.8) is 0 Å². The number of carbonyl (C=O) groups is 1. The molecule has 6 heteroatoms. The summed E-state index contributed by atoms with van der Waals surface area (Å²) in [5, 5.41) is 4.02. The Hall–Kier alpha value is -2.37. The first-order chi connectivity index (χ1) is 12.1. The number of aromatic nitrogens is 3. The number of hydrogen-bond donors (Lipinski definition) is 0. The van der Waals surface area contributed by atoms with Crippen LogP contribution in [0.15, 0.2) is 35.4 Å². The summed E-state index contributed by atoms with van der Waals surface area (Å²) in [5.41, 5.74) is 2.60. The minimum atomic E-state index is -0.243. The number of likely N-dealkylation sites (tertiary alicyclic amines) is 1. The molecular weight excluding hydrogens is 316 g/mol. The maximum absolute atomic E-state index is 12.9. The summed E-state index contributed by atoms with van der Waals surface area (Å²) in [4.78, 5) is 26.8. The maximum atomic E-state index is 12.9. The number of nitrogens with zero attached hydrogens (tertiary/aromatic N) is 4. The van der Waals surface area contributed by atoms with Gasteiger partial charge in [0.25, 0.3) is 0 Å². The van der Waals surface area contributed by atoms with E-state index in [2.05, 4.69) is 29.4 Å². The van der Waals surface area contributed by atoms with Gasteiger partial charge < -0.3 is 4.90 Å². The van der Waals surface area contributed by atoms with Gasteiger partial charge in [-0.15, -0.1) is 0 Å². The van der Waals surface area contributed by atoms with E-state index in [-0.39, 0.29) is 24.2 Å². The normalized spacial score (nSPS) is 22.8. The van der Waals surface area contributed by atoms with Crippen LogP contribution in [0.5, 0.6) is 0 Å². The van der Waals surface area contributed by atoms with E-state index in [4.69, 9.17) is 0 Å². The molecule has 2 atom stereocenters. The van der Waals surface area contributed by atoms with E-state index in [1.165, 1.54) is 33.1 Å². The van der Waals surface area contributed by atoms with E-state index in [0.717, 1.165) is 32.2 Å². The van der Waals surface area contributed by atoms with Crippen LogP contribution in [0.2, 0.25) is 0 Å². The van der Waals surface area contributed by atoms with Crippen molar-refractivity contribution in [3.8, 4) is 0 Å². The van der Waals surface area contributed by atoms with E-state index in [0.29, 0.717) is 5.92 Å². The standard InChI is InChI=1S/C19H24N4O2/c1-21-13-20-23(19(21)25)12-18(24)22-11-5-10-17(22)16-9-4-7-14-6-2-3-8-15(14)16/h2-3,6,8,13,16-17H,4-5,7,9-12H2,1H3. The monoisotopic (exact) mass is 340 g/mol. The summed E-state index contributed by atoms with van der Waals surface area (Å²) in [7, 11) is 1.65. The third-order valence-electron chi connectivity index (χ3n) is 5.67. The Bertz CT molecular complexity index is 838. The molecule has 2 unspecified atom stereocenters. The highest BCUT2D eigenvalue weighted by molar-refractivity contribution is 5.76. The molecule has 1 aromatic carbocycles. The van der Waals surface area contributed by atoms with E-state index < -0.39 is 0 Å². The molecule has 1 aliphatic heterocycles. The fourth-order valence-electron chi connectivity index (χ4n) is 4.46. The quantitative estimate of drug-likeness (QED) is 0.854. The van der Waals surface area contributed by atoms with E-state index in [1.807, 2.05) is 4.90 Å². The summed E-state index contributed by atoms with van der Waals surface area (Å²) in [6.07, 6.45) is 6.98. The van der Waals surface area contributed by atoms with Gasteiger partial charge in [0.15, 0.2) is 0 Å². The number of fused-ring (bicyclic) bond motifs is 1. The van der Waals surface area contributed by atoms with Gasteiger partial charge in [-0.05, 0) is 43.2 Å². The minimum Gasteiger partial charge on any atom is -0.337 e. The van der Waals surface area contributed by atoms with Crippen LogP contribution in [-0.4, -0.2) is 37.7 Å². The van der Waals surface area contributed by atoms with Crippen LogP contribution < -0.4 is 5.69 Å². The van der Waals surface area contributed by atoms with Crippen molar-refractivity contribution < 1.29 is 4.79 Å². The first-order valence-corrected chi connectivity index (χ1v) is 9.11. The van der Waals surface area contributed by atoms with Crippen molar-refractivity contribution >= 4 is 5.91 Å². The molecule has 1 aromatic heterocycles. The zero-order chi connectivity index (χ0) is 17.4. The highest BCUT2D eigenvalue weighted by atomic mass is 16.2. The summed E-state index contributed by atoms with van der Waals surface area (Å²) < 4.78 is 2.65. The third kappa shape index (κ3) is 2.90. The molecule has 2 aliphatic rings. The summed E-state index contributed by atoms with van der Waals surface area (Å²) in [6, 6.07) is 8.89. The molecule has 132 valence electrons. The minimum absolute atomic E-state index is 0.00588.